The van der Waals surface area contributed by atoms with Gasteiger partial charge in [-0.3, -0.25) is 9.78 Å². The smallest absolute Gasteiger partial charge is 0.239 e. The highest BCUT2D eigenvalue weighted by Crippen LogP contribution is 2.13. The zero-order valence-electron chi connectivity index (χ0n) is 12.4. The predicted octanol–water partition coefficient (Wildman–Crippen LogP) is 1.62. The Morgan fingerprint density at radius 1 is 1.26 bits per heavy atom. The average Bonchev–Trinajstić information content (AvgIpc) is 2.49. The lowest BCUT2D eigenvalue weighted by Gasteiger charge is -2.19. The summed E-state index contributed by atoms with van der Waals surface area (Å²) in [6, 6.07) is 9.06. The molecule has 23 heavy (non-hydrogen) atoms. The first-order valence-electron chi connectivity index (χ1n) is 6.74. The molecule has 0 spiro atoms. The number of halogens is 1. The number of hydrogen-bond acceptors (Lipinski definition) is 4. The van der Waals surface area contributed by atoms with Gasteiger partial charge in [-0.05, 0) is 23.8 Å². The Balaban J connectivity index is 2.09. The fourth-order valence-electron chi connectivity index (χ4n) is 1.90. The molecule has 0 radical (unpaired) electrons. The number of carbonyl (C=O) groups excluding carboxylic acids is 1. The van der Waals surface area contributed by atoms with Crippen molar-refractivity contribution in [1.29, 1.82) is 0 Å². The maximum Gasteiger partial charge on any atom is 0.239 e. The Hall–Kier alpha value is -2.32. The summed E-state index contributed by atoms with van der Waals surface area (Å²) in [4.78, 5) is 15.9. The molecular formula is C15H16FN3O3S. The van der Waals surface area contributed by atoms with Crippen LogP contribution in [0.5, 0.6) is 0 Å². The molecule has 1 N–H and O–H groups in total. The van der Waals surface area contributed by atoms with Gasteiger partial charge >= 0.3 is 0 Å². The predicted molar refractivity (Wildman–Crippen MR) is 84.5 cm³/mol. The Kier molecular flexibility index (Phi) is 5.41. The zero-order chi connectivity index (χ0) is 16.9. The van der Waals surface area contributed by atoms with Crippen molar-refractivity contribution in [2.75, 3.05) is 18.1 Å². The summed E-state index contributed by atoms with van der Waals surface area (Å²) >= 11 is 0. The molecule has 2 rings (SSSR count). The molecule has 0 aliphatic heterocycles. The lowest BCUT2D eigenvalue weighted by atomic mass is 10.3. The van der Waals surface area contributed by atoms with Gasteiger partial charge in [-0.25, -0.2) is 12.8 Å². The standard InChI is InChI=1S/C15H16FN3O3S/c1-23(21,22)19(10-12-5-4-8-17-9-12)11-15(20)18-14-7-3-2-6-13(14)16/h2-9H,10-11H2,1H3,(H,18,20). The second-order valence-corrected chi connectivity index (χ2v) is 6.90. The number of sulfonamides is 1. The van der Waals surface area contributed by atoms with E-state index >= 15 is 0 Å². The number of rotatable bonds is 6. The molecule has 0 aliphatic carbocycles. The summed E-state index contributed by atoms with van der Waals surface area (Å²) in [7, 11) is -3.61. The van der Waals surface area contributed by atoms with Crippen molar-refractivity contribution in [1.82, 2.24) is 9.29 Å². The summed E-state index contributed by atoms with van der Waals surface area (Å²) in [6.45, 7) is -0.403. The van der Waals surface area contributed by atoms with Crippen LogP contribution in [0.1, 0.15) is 5.56 Å². The normalized spacial score (nSPS) is 11.4. The number of anilines is 1. The number of aromatic nitrogens is 1. The molecule has 0 bridgehead atoms. The van der Waals surface area contributed by atoms with Crippen molar-refractivity contribution in [3.05, 3.63) is 60.2 Å². The summed E-state index contributed by atoms with van der Waals surface area (Å²) in [5.41, 5.74) is 0.656. The van der Waals surface area contributed by atoms with Crippen molar-refractivity contribution >= 4 is 21.6 Å². The minimum Gasteiger partial charge on any atom is -0.322 e. The minimum absolute atomic E-state index is 0.00679. The van der Waals surface area contributed by atoms with Crippen LogP contribution in [0.2, 0.25) is 0 Å². The maximum absolute atomic E-state index is 13.5. The van der Waals surface area contributed by atoms with E-state index in [1.165, 1.54) is 24.4 Å². The molecule has 1 aromatic heterocycles. The third-order valence-electron chi connectivity index (χ3n) is 3.02. The van der Waals surface area contributed by atoms with Crippen molar-refractivity contribution in [3.8, 4) is 0 Å². The van der Waals surface area contributed by atoms with Crippen LogP contribution in [0.3, 0.4) is 0 Å². The van der Waals surface area contributed by atoms with E-state index < -0.39 is 28.3 Å². The van der Waals surface area contributed by atoms with Gasteiger partial charge in [0, 0.05) is 18.9 Å². The van der Waals surface area contributed by atoms with E-state index in [0.717, 1.165) is 10.6 Å². The lowest BCUT2D eigenvalue weighted by molar-refractivity contribution is -0.116. The number of nitrogens with one attached hydrogen (secondary N) is 1. The van der Waals surface area contributed by atoms with Crippen molar-refractivity contribution in [2.45, 2.75) is 6.54 Å². The first kappa shape index (κ1) is 17.0. The SMILES string of the molecule is CS(=O)(=O)N(CC(=O)Nc1ccccc1F)Cc1cccnc1. The quantitative estimate of drug-likeness (QED) is 0.869. The van der Waals surface area contributed by atoms with Crippen molar-refractivity contribution < 1.29 is 17.6 Å². The molecule has 8 heteroatoms. The van der Waals surface area contributed by atoms with Gasteiger partial charge in [0.1, 0.15) is 5.82 Å². The van der Waals surface area contributed by atoms with Crippen LogP contribution in [0.4, 0.5) is 10.1 Å². The van der Waals surface area contributed by atoms with Gasteiger partial charge in [0.25, 0.3) is 0 Å². The Labute approximate surface area is 134 Å². The van der Waals surface area contributed by atoms with E-state index in [-0.39, 0.29) is 12.2 Å². The fraction of sp³-hybridized carbons (Fsp3) is 0.200. The Morgan fingerprint density at radius 3 is 2.61 bits per heavy atom. The molecule has 1 heterocycles. The summed E-state index contributed by atoms with van der Waals surface area (Å²) in [5, 5.41) is 2.36. The molecule has 0 unspecified atom stereocenters. The number of pyridine rings is 1. The third kappa shape index (κ3) is 5.11. The first-order chi connectivity index (χ1) is 10.9. The van der Waals surface area contributed by atoms with Gasteiger partial charge in [0.05, 0.1) is 18.5 Å². The van der Waals surface area contributed by atoms with Gasteiger partial charge in [-0.1, -0.05) is 18.2 Å². The van der Waals surface area contributed by atoms with Crippen LogP contribution in [-0.4, -0.2) is 36.4 Å². The van der Waals surface area contributed by atoms with E-state index in [1.54, 1.807) is 24.4 Å². The van der Waals surface area contributed by atoms with E-state index in [2.05, 4.69) is 10.3 Å². The van der Waals surface area contributed by atoms with E-state index in [4.69, 9.17) is 0 Å². The highest BCUT2D eigenvalue weighted by atomic mass is 32.2. The van der Waals surface area contributed by atoms with Gasteiger partial charge in [0.15, 0.2) is 0 Å². The van der Waals surface area contributed by atoms with Crippen molar-refractivity contribution in [2.24, 2.45) is 0 Å². The van der Waals surface area contributed by atoms with E-state index in [0.29, 0.717) is 5.56 Å². The molecule has 6 nitrogen and oxygen atoms in total. The molecule has 0 atom stereocenters. The van der Waals surface area contributed by atoms with Crippen LogP contribution in [-0.2, 0) is 21.4 Å². The molecular weight excluding hydrogens is 321 g/mol. The summed E-state index contributed by atoms with van der Waals surface area (Å²) in [6.07, 6.45) is 4.10. The topological polar surface area (TPSA) is 79.4 Å². The third-order valence-corrected chi connectivity index (χ3v) is 4.21. The first-order valence-corrected chi connectivity index (χ1v) is 8.59. The molecule has 0 saturated heterocycles. The molecule has 0 fully saturated rings. The van der Waals surface area contributed by atoms with Crippen LogP contribution in [0, 0.1) is 5.82 Å². The zero-order valence-corrected chi connectivity index (χ0v) is 13.3. The molecule has 0 aliphatic rings. The number of nitrogens with zero attached hydrogens (tertiary/aromatic N) is 2. The molecule has 1 amide bonds. The van der Waals surface area contributed by atoms with Gasteiger partial charge in [-0.15, -0.1) is 0 Å². The monoisotopic (exact) mass is 337 g/mol. The number of para-hydroxylation sites is 1. The maximum atomic E-state index is 13.5. The van der Waals surface area contributed by atoms with Crippen LogP contribution >= 0.6 is 0 Å². The molecule has 1 aromatic carbocycles. The van der Waals surface area contributed by atoms with Gasteiger partial charge in [-0.2, -0.15) is 4.31 Å². The summed E-state index contributed by atoms with van der Waals surface area (Å²) < 4.78 is 38.2. The summed E-state index contributed by atoms with van der Waals surface area (Å²) in [5.74, 6) is -1.21. The van der Waals surface area contributed by atoms with E-state index in [1.807, 2.05) is 0 Å². The van der Waals surface area contributed by atoms with E-state index in [9.17, 15) is 17.6 Å². The highest BCUT2D eigenvalue weighted by molar-refractivity contribution is 7.88. The number of carbonyl (C=O) groups is 1. The Bertz CT molecular complexity index is 782. The fourth-order valence-corrected chi connectivity index (χ4v) is 2.63. The largest absolute Gasteiger partial charge is 0.322 e. The number of benzene rings is 1. The Morgan fingerprint density at radius 2 is 2.00 bits per heavy atom. The van der Waals surface area contributed by atoms with Crippen molar-refractivity contribution in [3.63, 3.8) is 0 Å². The molecule has 2 aromatic rings. The van der Waals surface area contributed by atoms with Crippen LogP contribution in [0.25, 0.3) is 0 Å². The second-order valence-electron chi connectivity index (χ2n) is 4.92. The number of hydrogen-bond donors (Lipinski definition) is 1. The molecule has 0 saturated carbocycles. The van der Waals surface area contributed by atoms with Crippen LogP contribution in [0.15, 0.2) is 48.8 Å². The lowest BCUT2D eigenvalue weighted by Crippen LogP contribution is -2.37. The molecule has 122 valence electrons. The number of amides is 1. The highest BCUT2D eigenvalue weighted by Gasteiger charge is 2.21. The minimum atomic E-state index is -3.61. The van der Waals surface area contributed by atoms with Gasteiger partial charge < -0.3 is 5.32 Å². The average molecular weight is 337 g/mol. The van der Waals surface area contributed by atoms with Crippen LogP contribution < -0.4 is 5.32 Å². The van der Waals surface area contributed by atoms with Gasteiger partial charge in [0.2, 0.25) is 15.9 Å². The second kappa shape index (κ2) is 7.30.